The number of thioether (sulfide) groups is 1. The molecule has 0 unspecified atom stereocenters. The Morgan fingerprint density at radius 3 is 2.53 bits per heavy atom. The van der Waals surface area contributed by atoms with Gasteiger partial charge in [0, 0.05) is 35.6 Å². The van der Waals surface area contributed by atoms with Gasteiger partial charge in [0.2, 0.25) is 5.91 Å². The number of piperidine rings is 1. The quantitative estimate of drug-likeness (QED) is 0.342. The van der Waals surface area contributed by atoms with Gasteiger partial charge in [-0.2, -0.15) is 0 Å². The third-order valence-electron chi connectivity index (χ3n) is 6.29. The first-order chi connectivity index (χ1) is 15.4. The third-order valence-corrected chi connectivity index (χ3v) is 7.20. The molecule has 32 heavy (non-hydrogen) atoms. The molecule has 170 valence electrons. The number of benzene rings is 2. The fraction of sp³-hybridized carbons (Fsp3) is 0.400. The van der Waals surface area contributed by atoms with E-state index in [-0.39, 0.29) is 11.7 Å². The van der Waals surface area contributed by atoms with Crippen molar-refractivity contribution in [3.05, 3.63) is 65.5 Å². The van der Waals surface area contributed by atoms with E-state index in [9.17, 15) is 9.18 Å². The highest BCUT2D eigenvalue weighted by Crippen LogP contribution is 2.36. The van der Waals surface area contributed by atoms with E-state index < -0.39 is 0 Å². The molecule has 0 saturated carbocycles. The van der Waals surface area contributed by atoms with E-state index in [1.54, 1.807) is 13.0 Å². The second-order valence-corrected chi connectivity index (χ2v) is 9.69. The van der Waals surface area contributed by atoms with Crippen LogP contribution in [0, 0.1) is 5.82 Å². The van der Waals surface area contributed by atoms with Crippen molar-refractivity contribution in [3.63, 3.8) is 0 Å². The summed E-state index contributed by atoms with van der Waals surface area (Å²) in [6.07, 6.45) is 5.33. The summed E-state index contributed by atoms with van der Waals surface area (Å²) in [5.74, 6) is 0.561. The number of nitrogens with zero attached hydrogens (tertiary/aromatic N) is 1. The SMILES string of the molecule is C=C(Oc1ccc(CCN[C@H]2C[C@H]3CC[C@@H](C2)N3C(C)=O)cc1)Sc1ccc(F)cc1N. The number of halogens is 1. The maximum absolute atomic E-state index is 13.2. The molecule has 1 amide bonds. The summed E-state index contributed by atoms with van der Waals surface area (Å²) < 4.78 is 19.0. The highest BCUT2D eigenvalue weighted by atomic mass is 32.2. The van der Waals surface area contributed by atoms with Crippen LogP contribution in [0.1, 0.15) is 38.2 Å². The van der Waals surface area contributed by atoms with Crippen molar-refractivity contribution in [2.24, 2.45) is 0 Å². The van der Waals surface area contributed by atoms with Gasteiger partial charge in [-0.15, -0.1) is 0 Å². The van der Waals surface area contributed by atoms with Crippen molar-refractivity contribution in [1.29, 1.82) is 0 Å². The molecule has 3 atom stereocenters. The van der Waals surface area contributed by atoms with Crippen LogP contribution in [-0.4, -0.2) is 35.5 Å². The molecule has 2 heterocycles. The average Bonchev–Trinajstić information content (AvgIpc) is 3.02. The van der Waals surface area contributed by atoms with Crippen LogP contribution in [0.4, 0.5) is 10.1 Å². The lowest BCUT2D eigenvalue weighted by molar-refractivity contribution is -0.133. The Bertz CT molecular complexity index is 968. The summed E-state index contributed by atoms with van der Waals surface area (Å²) in [6.45, 7) is 6.53. The van der Waals surface area contributed by atoms with Crippen molar-refractivity contribution >= 4 is 23.4 Å². The largest absolute Gasteiger partial charge is 0.451 e. The standard InChI is InChI=1S/C25H30FN3O2S/c1-16(30)29-21-6-7-22(29)15-20(14-21)28-12-11-18-3-8-23(9-4-18)31-17(2)32-25-10-5-19(26)13-24(25)27/h3-5,8-10,13,20-22,28H,2,6-7,11-12,14-15,27H2,1H3/t20-,21+,22-. The minimum Gasteiger partial charge on any atom is -0.451 e. The molecule has 4 rings (SSSR count). The lowest BCUT2D eigenvalue weighted by Gasteiger charge is -2.38. The Labute approximate surface area is 193 Å². The summed E-state index contributed by atoms with van der Waals surface area (Å²) in [6, 6.07) is 13.6. The van der Waals surface area contributed by atoms with Gasteiger partial charge in [-0.3, -0.25) is 4.79 Å². The predicted octanol–water partition coefficient (Wildman–Crippen LogP) is 4.72. The maximum Gasteiger partial charge on any atom is 0.219 e. The number of nitrogens with one attached hydrogen (secondary N) is 1. The number of nitrogens with two attached hydrogens (primary N) is 1. The third kappa shape index (κ3) is 5.45. The molecule has 0 radical (unpaired) electrons. The molecule has 5 nitrogen and oxygen atoms in total. The molecular weight excluding hydrogens is 425 g/mol. The molecule has 3 N–H and O–H groups in total. The van der Waals surface area contributed by atoms with Crippen LogP contribution in [0.15, 0.2) is 59.0 Å². The molecule has 2 saturated heterocycles. The number of hydrogen-bond donors (Lipinski definition) is 2. The molecule has 2 aliphatic heterocycles. The smallest absolute Gasteiger partial charge is 0.219 e. The molecule has 0 aromatic heterocycles. The second-order valence-electron chi connectivity index (χ2n) is 8.59. The summed E-state index contributed by atoms with van der Waals surface area (Å²) in [4.78, 5) is 14.7. The molecule has 0 aliphatic carbocycles. The number of anilines is 1. The first-order valence-electron chi connectivity index (χ1n) is 11.1. The summed E-state index contributed by atoms with van der Waals surface area (Å²) in [7, 11) is 0. The van der Waals surface area contributed by atoms with E-state index in [0.29, 0.717) is 39.5 Å². The van der Waals surface area contributed by atoms with Gasteiger partial charge >= 0.3 is 0 Å². The predicted molar refractivity (Wildman–Crippen MR) is 127 cm³/mol. The molecule has 7 heteroatoms. The molecule has 2 aliphatic rings. The van der Waals surface area contributed by atoms with E-state index in [2.05, 4.69) is 28.9 Å². The number of rotatable bonds is 8. The van der Waals surface area contributed by atoms with E-state index >= 15 is 0 Å². The minimum absolute atomic E-state index is 0.223. The van der Waals surface area contributed by atoms with E-state index in [1.807, 2.05) is 12.1 Å². The van der Waals surface area contributed by atoms with Crippen LogP contribution in [0.3, 0.4) is 0 Å². The summed E-state index contributed by atoms with van der Waals surface area (Å²) in [5, 5.41) is 4.16. The van der Waals surface area contributed by atoms with Crippen molar-refractivity contribution < 1.29 is 13.9 Å². The normalized spacial score (nSPS) is 22.1. The van der Waals surface area contributed by atoms with Gasteiger partial charge in [0.05, 0.1) is 0 Å². The van der Waals surface area contributed by atoms with Crippen LogP contribution < -0.4 is 15.8 Å². The van der Waals surface area contributed by atoms with Gasteiger partial charge in [0.15, 0.2) is 5.09 Å². The van der Waals surface area contributed by atoms with Gasteiger partial charge < -0.3 is 20.7 Å². The zero-order valence-electron chi connectivity index (χ0n) is 18.4. The first-order valence-corrected chi connectivity index (χ1v) is 11.9. The summed E-state index contributed by atoms with van der Waals surface area (Å²) in [5.41, 5.74) is 7.44. The zero-order valence-corrected chi connectivity index (χ0v) is 19.2. The molecule has 0 spiro atoms. The van der Waals surface area contributed by atoms with Gasteiger partial charge in [0.1, 0.15) is 11.6 Å². The second kappa shape index (κ2) is 9.96. The Morgan fingerprint density at radius 1 is 1.22 bits per heavy atom. The number of fused-ring (bicyclic) bond motifs is 2. The average molecular weight is 456 g/mol. The van der Waals surface area contributed by atoms with Crippen molar-refractivity contribution in [2.75, 3.05) is 12.3 Å². The number of ether oxygens (including phenoxy) is 1. The van der Waals surface area contributed by atoms with Gasteiger partial charge in [-0.1, -0.05) is 23.9 Å². The number of carbonyl (C=O) groups excluding carboxylic acids is 1. The molecular formula is C25H30FN3O2S. The highest BCUT2D eigenvalue weighted by molar-refractivity contribution is 8.03. The molecule has 2 aromatic carbocycles. The number of amides is 1. The van der Waals surface area contributed by atoms with Gasteiger partial charge in [-0.25, -0.2) is 4.39 Å². The minimum atomic E-state index is -0.364. The van der Waals surface area contributed by atoms with E-state index in [1.165, 1.54) is 29.5 Å². The fourth-order valence-corrected chi connectivity index (χ4v) is 5.59. The van der Waals surface area contributed by atoms with Crippen molar-refractivity contribution in [2.45, 2.75) is 62.0 Å². The van der Waals surface area contributed by atoms with Crippen LogP contribution in [0.2, 0.25) is 0 Å². The number of carbonyl (C=O) groups is 1. The molecule has 2 bridgehead atoms. The monoisotopic (exact) mass is 455 g/mol. The van der Waals surface area contributed by atoms with E-state index in [0.717, 1.165) is 38.6 Å². The lowest BCUT2D eigenvalue weighted by atomic mass is 9.97. The van der Waals surface area contributed by atoms with Gasteiger partial charge in [-0.05, 0) is 81.1 Å². The molecule has 2 aromatic rings. The Hall–Kier alpha value is -2.51. The Morgan fingerprint density at radius 2 is 1.91 bits per heavy atom. The van der Waals surface area contributed by atoms with Gasteiger partial charge in [0.25, 0.3) is 0 Å². The van der Waals surface area contributed by atoms with Crippen LogP contribution >= 0.6 is 11.8 Å². The number of nitrogen functional groups attached to an aromatic ring is 1. The van der Waals surface area contributed by atoms with Crippen LogP contribution in [-0.2, 0) is 11.2 Å². The highest BCUT2D eigenvalue weighted by Gasteiger charge is 2.41. The lowest BCUT2D eigenvalue weighted by Crippen LogP contribution is -2.51. The van der Waals surface area contributed by atoms with Crippen LogP contribution in [0.5, 0.6) is 5.75 Å². The first kappa shape index (κ1) is 22.7. The Balaban J connectivity index is 1.21. The van der Waals surface area contributed by atoms with Crippen molar-refractivity contribution in [1.82, 2.24) is 10.2 Å². The Kier molecular flexibility index (Phi) is 7.06. The maximum atomic E-state index is 13.2. The van der Waals surface area contributed by atoms with Crippen molar-refractivity contribution in [3.8, 4) is 5.75 Å². The molecule has 2 fully saturated rings. The number of hydrogen-bond acceptors (Lipinski definition) is 5. The van der Waals surface area contributed by atoms with Crippen LogP contribution in [0.25, 0.3) is 0 Å². The fourth-order valence-electron chi connectivity index (χ4n) is 4.89. The zero-order chi connectivity index (χ0) is 22.7. The van der Waals surface area contributed by atoms with E-state index in [4.69, 9.17) is 10.5 Å². The topological polar surface area (TPSA) is 67.6 Å². The summed E-state index contributed by atoms with van der Waals surface area (Å²) >= 11 is 1.27.